The largest absolute Gasteiger partial charge is 0.497 e. The molecule has 1 saturated heterocycles. The molecule has 0 spiro atoms. The molecule has 21 heavy (non-hydrogen) atoms. The standard InChI is InChI=1S/C16H24N2O3/c1-16(15(17)19,18-11-14-4-3-9-21-14)10-12-5-7-13(20-2)8-6-12/h5-8,14,18H,3-4,9-11H2,1-2H3,(H2,17,19). The lowest BCUT2D eigenvalue weighted by Crippen LogP contribution is -2.56. The van der Waals surface area contributed by atoms with Crippen LogP contribution in [0.2, 0.25) is 0 Å². The summed E-state index contributed by atoms with van der Waals surface area (Å²) in [4.78, 5) is 11.8. The van der Waals surface area contributed by atoms with Crippen molar-refractivity contribution in [3.63, 3.8) is 0 Å². The lowest BCUT2D eigenvalue weighted by Gasteiger charge is -2.29. The third-order valence-corrected chi connectivity index (χ3v) is 4.00. The van der Waals surface area contributed by atoms with Crippen molar-refractivity contribution in [2.75, 3.05) is 20.3 Å². The van der Waals surface area contributed by atoms with Gasteiger partial charge in [-0.2, -0.15) is 0 Å². The molecule has 1 aromatic carbocycles. The van der Waals surface area contributed by atoms with E-state index in [4.69, 9.17) is 15.2 Å². The van der Waals surface area contributed by atoms with Gasteiger partial charge in [0.05, 0.1) is 18.8 Å². The molecule has 116 valence electrons. The van der Waals surface area contributed by atoms with Gasteiger partial charge in [0.25, 0.3) is 0 Å². The van der Waals surface area contributed by atoms with E-state index >= 15 is 0 Å². The fraction of sp³-hybridized carbons (Fsp3) is 0.562. The maximum absolute atomic E-state index is 11.8. The topological polar surface area (TPSA) is 73.6 Å². The van der Waals surface area contributed by atoms with Crippen LogP contribution in [-0.4, -0.2) is 37.8 Å². The highest BCUT2D eigenvalue weighted by atomic mass is 16.5. The number of benzene rings is 1. The van der Waals surface area contributed by atoms with E-state index < -0.39 is 5.54 Å². The maximum Gasteiger partial charge on any atom is 0.237 e. The number of nitrogens with one attached hydrogen (secondary N) is 1. The fourth-order valence-corrected chi connectivity index (χ4v) is 2.53. The molecule has 1 aromatic rings. The van der Waals surface area contributed by atoms with Crippen molar-refractivity contribution in [3.8, 4) is 5.75 Å². The maximum atomic E-state index is 11.8. The number of hydrogen-bond donors (Lipinski definition) is 2. The van der Waals surface area contributed by atoms with Crippen molar-refractivity contribution in [1.82, 2.24) is 5.32 Å². The van der Waals surface area contributed by atoms with Crippen LogP contribution >= 0.6 is 0 Å². The first-order valence-electron chi connectivity index (χ1n) is 7.33. The molecule has 1 fully saturated rings. The second-order valence-electron chi connectivity index (χ2n) is 5.74. The SMILES string of the molecule is COc1ccc(CC(C)(NCC2CCCO2)C(N)=O)cc1. The highest BCUT2D eigenvalue weighted by Crippen LogP contribution is 2.18. The molecule has 0 bridgehead atoms. The Morgan fingerprint density at radius 3 is 2.71 bits per heavy atom. The summed E-state index contributed by atoms with van der Waals surface area (Å²) in [5.74, 6) is 0.447. The third-order valence-electron chi connectivity index (χ3n) is 4.00. The Morgan fingerprint density at radius 2 is 2.19 bits per heavy atom. The van der Waals surface area contributed by atoms with Gasteiger partial charge in [0.15, 0.2) is 0 Å². The number of amides is 1. The average Bonchev–Trinajstić information content (AvgIpc) is 2.99. The minimum Gasteiger partial charge on any atom is -0.497 e. The summed E-state index contributed by atoms with van der Waals surface area (Å²) in [5, 5.41) is 3.28. The predicted molar refractivity (Wildman–Crippen MR) is 81.3 cm³/mol. The monoisotopic (exact) mass is 292 g/mol. The molecule has 5 nitrogen and oxygen atoms in total. The summed E-state index contributed by atoms with van der Waals surface area (Å²) in [6.07, 6.45) is 2.83. The van der Waals surface area contributed by atoms with E-state index in [9.17, 15) is 4.79 Å². The van der Waals surface area contributed by atoms with Crippen LogP contribution in [0.3, 0.4) is 0 Å². The highest BCUT2D eigenvalue weighted by molar-refractivity contribution is 5.84. The molecular weight excluding hydrogens is 268 g/mol. The van der Waals surface area contributed by atoms with Gasteiger partial charge >= 0.3 is 0 Å². The minimum atomic E-state index is -0.777. The van der Waals surface area contributed by atoms with Crippen LogP contribution in [0.5, 0.6) is 5.75 Å². The molecule has 0 aliphatic carbocycles. The molecule has 0 saturated carbocycles. The van der Waals surface area contributed by atoms with E-state index in [2.05, 4.69) is 5.32 Å². The van der Waals surface area contributed by atoms with Crippen LogP contribution in [0.25, 0.3) is 0 Å². The fourth-order valence-electron chi connectivity index (χ4n) is 2.53. The first kappa shape index (κ1) is 15.8. The van der Waals surface area contributed by atoms with E-state index in [-0.39, 0.29) is 12.0 Å². The number of nitrogens with two attached hydrogens (primary N) is 1. The van der Waals surface area contributed by atoms with Crippen molar-refractivity contribution in [1.29, 1.82) is 0 Å². The Bertz CT molecular complexity index is 469. The molecular formula is C16H24N2O3. The summed E-state index contributed by atoms with van der Waals surface area (Å²) in [6.45, 7) is 3.29. The van der Waals surface area contributed by atoms with Gasteiger partial charge in [-0.15, -0.1) is 0 Å². The highest BCUT2D eigenvalue weighted by Gasteiger charge is 2.32. The molecule has 1 aliphatic heterocycles. The molecule has 0 radical (unpaired) electrons. The normalized spacial score (nSPS) is 21.0. The number of rotatable bonds is 7. The van der Waals surface area contributed by atoms with Crippen molar-refractivity contribution >= 4 is 5.91 Å². The van der Waals surface area contributed by atoms with Crippen LogP contribution in [0.15, 0.2) is 24.3 Å². The number of ether oxygens (including phenoxy) is 2. The Balaban J connectivity index is 2.00. The number of methoxy groups -OCH3 is 1. The van der Waals surface area contributed by atoms with Gasteiger partial charge in [0.2, 0.25) is 5.91 Å². The van der Waals surface area contributed by atoms with Gasteiger partial charge in [0.1, 0.15) is 5.75 Å². The zero-order valence-electron chi connectivity index (χ0n) is 12.7. The lowest BCUT2D eigenvalue weighted by molar-refractivity contribution is -0.124. The van der Waals surface area contributed by atoms with E-state index in [1.165, 1.54) is 0 Å². The summed E-state index contributed by atoms with van der Waals surface area (Å²) in [5.41, 5.74) is 5.85. The third kappa shape index (κ3) is 4.19. The van der Waals surface area contributed by atoms with Crippen molar-refractivity contribution in [3.05, 3.63) is 29.8 Å². The van der Waals surface area contributed by atoms with Crippen molar-refractivity contribution < 1.29 is 14.3 Å². The number of primary amides is 1. The van der Waals surface area contributed by atoms with E-state index in [0.29, 0.717) is 13.0 Å². The second-order valence-corrected chi connectivity index (χ2v) is 5.74. The van der Waals surface area contributed by atoms with E-state index in [0.717, 1.165) is 30.8 Å². The predicted octanol–water partition coefficient (Wildman–Crippen LogP) is 1.25. The summed E-state index contributed by atoms with van der Waals surface area (Å²) >= 11 is 0. The van der Waals surface area contributed by atoms with Crippen molar-refractivity contribution in [2.45, 2.75) is 37.8 Å². The number of hydrogen-bond acceptors (Lipinski definition) is 4. The van der Waals surface area contributed by atoms with Gasteiger partial charge in [-0.25, -0.2) is 0 Å². The molecule has 0 aromatic heterocycles. The van der Waals surface area contributed by atoms with Gasteiger partial charge in [-0.05, 0) is 43.9 Å². The van der Waals surface area contributed by atoms with E-state index in [1.54, 1.807) is 7.11 Å². The first-order chi connectivity index (χ1) is 10.0. The van der Waals surface area contributed by atoms with Crippen LogP contribution in [0.4, 0.5) is 0 Å². The Labute approximate surface area is 125 Å². The second kappa shape index (κ2) is 6.91. The molecule has 2 unspecified atom stereocenters. The van der Waals surface area contributed by atoms with Gasteiger partial charge in [-0.3, -0.25) is 4.79 Å². The molecule has 1 amide bonds. The lowest BCUT2D eigenvalue weighted by atomic mass is 9.91. The van der Waals surface area contributed by atoms with Crippen LogP contribution < -0.4 is 15.8 Å². The van der Waals surface area contributed by atoms with Crippen LogP contribution in [-0.2, 0) is 16.0 Å². The molecule has 2 rings (SSSR count). The number of carbonyl (C=O) groups excluding carboxylic acids is 1. The first-order valence-corrected chi connectivity index (χ1v) is 7.33. The summed E-state index contributed by atoms with van der Waals surface area (Å²) < 4.78 is 10.7. The Hall–Kier alpha value is -1.59. The zero-order chi connectivity index (χ0) is 15.3. The molecule has 1 aliphatic rings. The minimum absolute atomic E-state index is 0.180. The molecule has 2 atom stereocenters. The Kier molecular flexibility index (Phi) is 5.20. The van der Waals surface area contributed by atoms with E-state index in [1.807, 2.05) is 31.2 Å². The van der Waals surface area contributed by atoms with Gasteiger partial charge < -0.3 is 20.5 Å². The molecule has 5 heteroatoms. The van der Waals surface area contributed by atoms with Gasteiger partial charge in [0, 0.05) is 13.2 Å². The molecule has 3 N–H and O–H groups in total. The molecule has 1 heterocycles. The summed E-state index contributed by atoms with van der Waals surface area (Å²) in [6, 6.07) is 7.68. The zero-order valence-corrected chi connectivity index (χ0v) is 12.7. The smallest absolute Gasteiger partial charge is 0.237 e. The van der Waals surface area contributed by atoms with Gasteiger partial charge in [-0.1, -0.05) is 12.1 Å². The average molecular weight is 292 g/mol. The van der Waals surface area contributed by atoms with Crippen LogP contribution in [0, 0.1) is 0 Å². The summed E-state index contributed by atoms with van der Waals surface area (Å²) in [7, 11) is 1.63. The quantitative estimate of drug-likeness (QED) is 0.793. The van der Waals surface area contributed by atoms with Crippen LogP contribution in [0.1, 0.15) is 25.3 Å². The Morgan fingerprint density at radius 1 is 1.48 bits per heavy atom. The van der Waals surface area contributed by atoms with Crippen molar-refractivity contribution in [2.24, 2.45) is 5.73 Å². The number of carbonyl (C=O) groups is 1.